The summed E-state index contributed by atoms with van der Waals surface area (Å²) in [5, 5.41) is 0. The number of hydrogen-bond donors (Lipinski definition) is 0. The number of ketones is 2. The van der Waals surface area contributed by atoms with E-state index in [0.717, 1.165) is 11.4 Å². The predicted octanol–water partition coefficient (Wildman–Crippen LogP) is 6.21. The molecule has 4 nitrogen and oxygen atoms in total. The summed E-state index contributed by atoms with van der Waals surface area (Å²) in [5.41, 5.74) is 2.89. The summed E-state index contributed by atoms with van der Waals surface area (Å²) in [6.45, 7) is 0. The number of furan rings is 1. The van der Waals surface area contributed by atoms with Crippen molar-refractivity contribution < 1.29 is 14.0 Å². The largest absolute Gasteiger partial charge is 0.440 e. The standard InChI is InChI=1S/C26H17NO3/c28-25-21-13-7-8-14-22(21)26(29)23(25)17-20-15-16-24(30-20)27(18-9-3-1-4-10-18)19-11-5-2-6-12-19/h1-17H. The molecule has 0 aliphatic heterocycles. The Morgan fingerprint density at radius 1 is 0.600 bits per heavy atom. The van der Waals surface area contributed by atoms with Crippen LogP contribution in [0.25, 0.3) is 6.08 Å². The maximum Gasteiger partial charge on any atom is 0.205 e. The van der Waals surface area contributed by atoms with E-state index in [-0.39, 0.29) is 17.1 Å². The maximum atomic E-state index is 12.7. The van der Waals surface area contributed by atoms with Crippen molar-refractivity contribution in [2.24, 2.45) is 0 Å². The van der Waals surface area contributed by atoms with E-state index in [4.69, 9.17) is 4.42 Å². The Bertz CT molecular complexity index is 1190. The Kier molecular flexibility index (Phi) is 4.37. The third-order valence-corrected chi connectivity index (χ3v) is 5.05. The van der Waals surface area contributed by atoms with Crippen molar-refractivity contribution in [3.05, 3.63) is 120 Å². The van der Waals surface area contributed by atoms with Gasteiger partial charge < -0.3 is 4.42 Å². The number of carbonyl (C=O) groups excluding carboxylic acids is 2. The van der Waals surface area contributed by atoms with Gasteiger partial charge in [-0.3, -0.25) is 14.5 Å². The van der Waals surface area contributed by atoms with Crippen LogP contribution in [0.1, 0.15) is 26.5 Å². The highest BCUT2D eigenvalue weighted by Crippen LogP contribution is 2.36. The third-order valence-electron chi connectivity index (χ3n) is 5.05. The molecule has 1 aromatic heterocycles. The van der Waals surface area contributed by atoms with Gasteiger partial charge in [-0.15, -0.1) is 0 Å². The van der Waals surface area contributed by atoms with Gasteiger partial charge in [0.2, 0.25) is 5.88 Å². The molecule has 0 bridgehead atoms. The van der Waals surface area contributed by atoms with Crippen LogP contribution >= 0.6 is 0 Å². The number of nitrogens with zero attached hydrogens (tertiary/aromatic N) is 1. The Labute approximate surface area is 173 Å². The zero-order chi connectivity index (χ0) is 20.5. The highest BCUT2D eigenvalue weighted by Gasteiger charge is 2.32. The average Bonchev–Trinajstić information content (AvgIpc) is 3.35. The lowest BCUT2D eigenvalue weighted by Crippen LogP contribution is -2.08. The van der Waals surface area contributed by atoms with Crippen molar-refractivity contribution in [2.75, 3.05) is 4.90 Å². The lowest BCUT2D eigenvalue weighted by atomic mass is 10.1. The molecule has 0 fully saturated rings. The van der Waals surface area contributed by atoms with Crippen molar-refractivity contribution in [1.29, 1.82) is 0 Å². The van der Waals surface area contributed by atoms with Gasteiger partial charge >= 0.3 is 0 Å². The predicted molar refractivity (Wildman–Crippen MR) is 116 cm³/mol. The van der Waals surface area contributed by atoms with Crippen LogP contribution in [0, 0.1) is 0 Å². The molecular weight excluding hydrogens is 374 g/mol. The number of Topliss-reactive ketones (excluding diaryl/α,β-unsaturated/α-hetero) is 2. The van der Waals surface area contributed by atoms with Crippen LogP contribution in [-0.2, 0) is 0 Å². The minimum absolute atomic E-state index is 0.128. The van der Waals surface area contributed by atoms with E-state index >= 15 is 0 Å². The summed E-state index contributed by atoms with van der Waals surface area (Å²) in [7, 11) is 0. The Morgan fingerprint density at radius 3 is 1.63 bits per heavy atom. The molecule has 3 aromatic carbocycles. The van der Waals surface area contributed by atoms with Gasteiger partial charge in [0.25, 0.3) is 0 Å². The fraction of sp³-hybridized carbons (Fsp3) is 0. The fourth-order valence-electron chi connectivity index (χ4n) is 3.64. The molecule has 0 saturated heterocycles. The van der Waals surface area contributed by atoms with Gasteiger partial charge in [-0.2, -0.15) is 0 Å². The second-order valence-corrected chi connectivity index (χ2v) is 6.94. The number of carbonyl (C=O) groups is 2. The summed E-state index contributed by atoms with van der Waals surface area (Å²) in [6.07, 6.45) is 1.53. The maximum absolute atomic E-state index is 12.7. The molecule has 1 aliphatic carbocycles. The third kappa shape index (κ3) is 3.05. The van der Waals surface area contributed by atoms with Crippen LogP contribution in [0.3, 0.4) is 0 Å². The molecule has 0 spiro atoms. The first-order valence-corrected chi connectivity index (χ1v) is 9.62. The van der Waals surface area contributed by atoms with E-state index in [1.54, 1.807) is 30.3 Å². The van der Waals surface area contributed by atoms with E-state index < -0.39 is 0 Å². The van der Waals surface area contributed by atoms with Crippen molar-refractivity contribution >= 4 is 34.9 Å². The van der Waals surface area contributed by atoms with Crippen LogP contribution in [0.2, 0.25) is 0 Å². The zero-order valence-corrected chi connectivity index (χ0v) is 16.0. The first-order valence-electron chi connectivity index (χ1n) is 9.62. The van der Waals surface area contributed by atoms with Gasteiger partial charge in [-0.05, 0) is 36.4 Å². The lowest BCUT2D eigenvalue weighted by molar-refractivity contribution is 0.0990. The van der Waals surface area contributed by atoms with Gasteiger partial charge in [0.15, 0.2) is 11.6 Å². The molecule has 30 heavy (non-hydrogen) atoms. The smallest absolute Gasteiger partial charge is 0.205 e. The second-order valence-electron chi connectivity index (χ2n) is 6.94. The average molecular weight is 391 g/mol. The number of para-hydroxylation sites is 2. The zero-order valence-electron chi connectivity index (χ0n) is 16.0. The minimum atomic E-state index is -0.267. The number of allylic oxidation sites excluding steroid dienone is 1. The number of benzene rings is 3. The molecule has 0 N–H and O–H groups in total. The topological polar surface area (TPSA) is 50.5 Å². The summed E-state index contributed by atoms with van der Waals surface area (Å²) < 4.78 is 6.06. The molecule has 4 heteroatoms. The van der Waals surface area contributed by atoms with E-state index in [1.165, 1.54) is 6.08 Å². The van der Waals surface area contributed by atoms with Crippen LogP contribution in [0.4, 0.5) is 17.3 Å². The SMILES string of the molecule is O=C1C(=Cc2ccc(N(c3ccccc3)c3ccccc3)o2)C(=O)c2ccccc21. The lowest BCUT2D eigenvalue weighted by Gasteiger charge is -2.22. The van der Waals surface area contributed by atoms with Crippen LogP contribution in [0.15, 0.2) is 107 Å². The Morgan fingerprint density at radius 2 is 1.10 bits per heavy atom. The van der Waals surface area contributed by atoms with E-state index in [0.29, 0.717) is 22.8 Å². The first-order chi connectivity index (χ1) is 14.7. The number of fused-ring (bicyclic) bond motifs is 1. The number of anilines is 3. The van der Waals surface area contributed by atoms with Crippen molar-refractivity contribution in [1.82, 2.24) is 0 Å². The fourth-order valence-corrected chi connectivity index (χ4v) is 3.64. The molecule has 1 heterocycles. The van der Waals surface area contributed by atoms with Crippen molar-refractivity contribution in [3.8, 4) is 0 Å². The molecule has 0 amide bonds. The molecule has 1 aliphatic rings. The normalized spacial score (nSPS) is 12.7. The summed E-state index contributed by atoms with van der Waals surface area (Å²) >= 11 is 0. The van der Waals surface area contributed by atoms with Gasteiger partial charge in [0.1, 0.15) is 5.76 Å². The highest BCUT2D eigenvalue weighted by atomic mass is 16.4. The molecule has 4 aromatic rings. The van der Waals surface area contributed by atoms with E-state index in [1.807, 2.05) is 71.6 Å². The van der Waals surface area contributed by atoms with Gasteiger partial charge in [0, 0.05) is 28.6 Å². The van der Waals surface area contributed by atoms with Crippen molar-refractivity contribution in [3.63, 3.8) is 0 Å². The first kappa shape index (κ1) is 17.9. The van der Waals surface area contributed by atoms with Gasteiger partial charge in [0.05, 0.1) is 5.57 Å². The molecule has 0 saturated carbocycles. The Hall–Kier alpha value is -4.18. The Balaban J connectivity index is 1.54. The quantitative estimate of drug-likeness (QED) is 0.306. The van der Waals surface area contributed by atoms with Gasteiger partial charge in [-0.1, -0.05) is 60.7 Å². The summed E-state index contributed by atoms with van der Waals surface area (Å²) in [4.78, 5) is 27.3. The van der Waals surface area contributed by atoms with Crippen LogP contribution in [0.5, 0.6) is 0 Å². The molecule has 5 rings (SSSR count). The monoisotopic (exact) mass is 391 g/mol. The molecule has 144 valence electrons. The highest BCUT2D eigenvalue weighted by molar-refractivity contribution is 6.41. The molecule has 0 unspecified atom stereocenters. The number of hydrogen-bond acceptors (Lipinski definition) is 4. The second kappa shape index (κ2) is 7.33. The van der Waals surface area contributed by atoms with E-state index in [9.17, 15) is 9.59 Å². The van der Waals surface area contributed by atoms with Crippen molar-refractivity contribution in [2.45, 2.75) is 0 Å². The summed E-state index contributed by atoms with van der Waals surface area (Å²) in [6, 6.07) is 30.2. The van der Waals surface area contributed by atoms with Crippen LogP contribution in [-0.4, -0.2) is 11.6 Å². The summed E-state index contributed by atoms with van der Waals surface area (Å²) in [5.74, 6) is 0.508. The minimum Gasteiger partial charge on any atom is -0.440 e. The molecule has 0 atom stereocenters. The number of rotatable bonds is 4. The van der Waals surface area contributed by atoms with Gasteiger partial charge in [-0.25, -0.2) is 0 Å². The molecule has 0 radical (unpaired) electrons. The van der Waals surface area contributed by atoms with Crippen LogP contribution < -0.4 is 4.90 Å². The van der Waals surface area contributed by atoms with E-state index in [2.05, 4.69) is 0 Å². The molecular formula is C26H17NO3.